The van der Waals surface area contributed by atoms with Gasteiger partial charge in [-0.25, -0.2) is 9.59 Å². The van der Waals surface area contributed by atoms with Crippen molar-refractivity contribution in [3.05, 3.63) is 0 Å². The predicted molar refractivity (Wildman–Crippen MR) is 77.0 cm³/mol. The molecule has 0 aromatic rings. The summed E-state index contributed by atoms with van der Waals surface area (Å²) in [6, 6.07) is -1.16. The zero-order valence-electron chi connectivity index (χ0n) is 12.7. The normalized spacial score (nSPS) is 27.4. The molecule has 2 rings (SSSR count). The molecule has 120 valence electrons. The first-order valence-electron chi connectivity index (χ1n) is 7.57. The smallest absolute Gasteiger partial charge is 0.326 e. The van der Waals surface area contributed by atoms with Crippen LogP contribution in [0.4, 0.5) is 4.79 Å². The van der Waals surface area contributed by atoms with E-state index < -0.39 is 18.1 Å². The Morgan fingerprint density at radius 3 is 2.33 bits per heavy atom. The van der Waals surface area contributed by atoms with Crippen LogP contribution in [-0.2, 0) is 4.79 Å². The van der Waals surface area contributed by atoms with Gasteiger partial charge in [-0.2, -0.15) is 0 Å². The van der Waals surface area contributed by atoms with Crippen LogP contribution in [0.3, 0.4) is 0 Å². The van der Waals surface area contributed by atoms with E-state index in [1.54, 1.807) is 4.90 Å². The van der Waals surface area contributed by atoms with Crippen LogP contribution in [0.15, 0.2) is 0 Å². The second-order valence-corrected chi connectivity index (χ2v) is 6.36. The molecule has 0 spiro atoms. The Labute approximate surface area is 125 Å². The van der Waals surface area contributed by atoms with Gasteiger partial charge in [0.25, 0.3) is 0 Å². The van der Waals surface area contributed by atoms with E-state index in [4.69, 9.17) is 5.11 Å². The van der Waals surface area contributed by atoms with E-state index in [0.29, 0.717) is 19.0 Å². The molecule has 7 nitrogen and oxygen atoms in total. The third-order valence-corrected chi connectivity index (χ3v) is 4.08. The molecule has 0 aliphatic carbocycles. The average molecular weight is 299 g/mol. The Hall–Kier alpha value is -1.34. The number of urea groups is 1. The quantitative estimate of drug-likeness (QED) is 0.760. The van der Waals surface area contributed by atoms with Gasteiger partial charge in [0.15, 0.2) is 0 Å². The van der Waals surface area contributed by atoms with Crippen molar-refractivity contribution in [3.8, 4) is 0 Å². The number of β-amino-alcohol motifs (C(OH)–C–C–N with tert-alkyl or cyclic N) is 1. The molecule has 21 heavy (non-hydrogen) atoms. The number of hydrogen-bond donors (Lipinski definition) is 2. The van der Waals surface area contributed by atoms with Crippen LogP contribution in [0.2, 0.25) is 0 Å². The van der Waals surface area contributed by atoms with Gasteiger partial charge < -0.3 is 20.0 Å². The summed E-state index contributed by atoms with van der Waals surface area (Å²) in [5.74, 6) is -0.448. The number of carbonyl (C=O) groups is 2. The van der Waals surface area contributed by atoms with Gasteiger partial charge >= 0.3 is 12.0 Å². The van der Waals surface area contributed by atoms with Gasteiger partial charge in [0.2, 0.25) is 0 Å². The number of aliphatic hydroxyl groups excluding tert-OH is 1. The summed E-state index contributed by atoms with van der Waals surface area (Å²) in [4.78, 5) is 29.0. The van der Waals surface area contributed by atoms with Crippen LogP contribution in [-0.4, -0.2) is 88.3 Å². The molecule has 2 saturated heterocycles. The standard InChI is InChI=1S/C14H25N3O4/c1-10(2)8-15-3-5-16(6-4-15)14(21)17-9-11(18)7-12(17)13(19)20/h10-12,18H,3-9H2,1-2H3,(H,19,20)/t11?,12-/m0/s1. The molecule has 2 amide bonds. The molecule has 0 aromatic carbocycles. The van der Waals surface area contributed by atoms with Gasteiger partial charge in [-0.3, -0.25) is 4.90 Å². The molecular formula is C14H25N3O4. The molecule has 2 heterocycles. The molecule has 0 saturated carbocycles. The summed E-state index contributed by atoms with van der Waals surface area (Å²) >= 11 is 0. The lowest BCUT2D eigenvalue weighted by Crippen LogP contribution is -2.55. The van der Waals surface area contributed by atoms with Crippen LogP contribution in [0, 0.1) is 5.92 Å². The third-order valence-electron chi connectivity index (χ3n) is 4.08. The Bertz CT molecular complexity index is 394. The largest absolute Gasteiger partial charge is 0.480 e. The van der Waals surface area contributed by atoms with Crippen molar-refractivity contribution >= 4 is 12.0 Å². The molecule has 2 aliphatic rings. The lowest BCUT2D eigenvalue weighted by molar-refractivity contribution is -0.141. The second-order valence-electron chi connectivity index (χ2n) is 6.36. The van der Waals surface area contributed by atoms with E-state index in [1.807, 2.05) is 0 Å². The molecular weight excluding hydrogens is 274 g/mol. The summed E-state index contributed by atoms with van der Waals surface area (Å²) in [7, 11) is 0. The summed E-state index contributed by atoms with van der Waals surface area (Å²) in [6.07, 6.45) is -0.619. The van der Waals surface area contributed by atoms with Gasteiger partial charge in [0, 0.05) is 45.7 Å². The molecule has 0 bridgehead atoms. The molecule has 0 radical (unpaired) electrons. The minimum Gasteiger partial charge on any atom is -0.480 e. The highest BCUT2D eigenvalue weighted by molar-refractivity contribution is 5.83. The van der Waals surface area contributed by atoms with Crippen LogP contribution >= 0.6 is 0 Å². The number of piperazine rings is 1. The molecule has 2 fully saturated rings. The molecule has 2 atom stereocenters. The maximum Gasteiger partial charge on any atom is 0.326 e. The third kappa shape index (κ3) is 3.85. The summed E-state index contributed by atoms with van der Waals surface area (Å²) < 4.78 is 0. The van der Waals surface area contributed by atoms with Gasteiger partial charge in [-0.05, 0) is 5.92 Å². The van der Waals surface area contributed by atoms with Crippen molar-refractivity contribution in [1.82, 2.24) is 14.7 Å². The van der Waals surface area contributed by atoms with Crippen molar-refractivity contribution < 1.29 is 19.8 Å². The number of amides is 2. The summed E-state index contributed by atoms with van der Waals surface area (Å²) in [6.45, 7) is 8.33. The highest BCUT2D eigenvalue weighted by Gasteiger charge is 2.41. The zero-order valence-corrected chi connectivity index (χ0v) is 12.7. The fourth-order valence-electron chi connectivity index (χ4n) is 3.08. The van der Waals surface area contributed by atoms with E-state index in [-0.39, 0.29) is 19.0 Å². The molecule has 7 heteroatoms. The van der Waals surface area contributed by atoms with E-state index in [1.165, 1.54) is 4.90 Å². The SMILES string of the molecule is CC(C)CN1CCN(C(=O)N2CC(O)C[C@H]2C(=O)O)CC1. The van der Waals surface area contributed by atoms with Crippen LogP contribution in [0.25, 0.3) is 0 Å². The van der Waals surface area contributed by atoms with Gasteiger partial charge in [0.1, 0.15) is 6.04 Å². The van der Waals surface area contributed by atoms with Crippen LogP contribution < -0.4 is 0 Å². The lowest BCUT2D eigenvalue weighted by Gasteiger charge is -2.38. The number of carboxylic acid groups (broad SMARTS) is 1. The van der Waals surface area contributed by atoms with E-state index in [2.05, 4.69) is 18.7 Å². The lowest BCUT2D eigenvalue weighted by atomic mass is 10.2. The number of hydrogen-bond acceptors (Lipinski definition) is 4. The van der Waals surface area contributed by atoms with Gasteiger partial charge in [-0.15, -0.1) is 0 Å². The minimum absolute atomic E-state index is 0.113. The molecule has 2 aliphatic heterocycles. The van der Waals surface area contributed by atoms with Gasteiger partial charge in [-0.1, -0.05) is 13.8 Å². The number of likely N-dealkylation sites (tertiary alicyclic amines) is 1. The van der Waals surface area contributed by atoms with Crippen molar-refractivity contribution in [1.29, 1.82) is 0 Å². The first kappa shape index (κ1) is 16.0. The first-order chi connectivity index (χ1) is 9.88. The Kier molecular flexibility index (Phi) is 5.05. The van der Waals surface area contributed by atoms with E-state index in [9.17, 15) is 14.7 Å². The Morgan fingerprint density at radius 1 is 1.19 bits per heavy atom. The Morgan fingerprint density at radius 2 is 1.81 bits per heavy atom. The van der Waals surface area contributed by atoms with Crippen LogP contribution in [0.1, 0.15) is 20.3 Å². The maximum absolute atomic E-state index is 12.4. The number of aliphatic carboxylic acids is 1. The van der Waals surface area contributed by atoms with Crippen LogP contribution in [0.5, 0.6) is 0 Å². The van der Waals surface area contributed by atoms with Crippen molar-refractivity contribution in [2.45, 2.75) is 32.4 Å². The zero-order chi connectivity index (χ0) is 15.6. The van der Waals surface area contributed by atoms with E-state index >= 15 is 0 Å². The number of carboxylic acids is 1. The molecule has 1 unspecified atom stereocenters. The van der Waals surface area contributed by atoms with Crippen molar-refractivity contribution in [2.24, 2.45) is 5.92 Å². The number of nitrogens with zero attached hydrogens (tertiary/aromatic N) is 3. The summed E-state index contributed by atoms with van der Waals surface area (Å²) in [5.41, 5.74) is 0. The average Bonchev–Trinajstić information content (AvgIpc) is 2.80. The minimum atomic E-state index is -1.04. The predicted octanol–water partition coefficient (Wildman–Crippen LogP) is -0.100. The highest BCUT2D eigenvalue weighted by Crippen LogP contribution is 2.20. The topological polar surface area (TPSA) is 84.3 Å². The summed E-state index contributed by atoms with van der Waals surface area (Å²) in [5, 5.41) is 18.8. The monoisotopic (exact) mass is 299 g/mol. The second kappa shape index (κ2) is 6.62. The first-order valence-corrected chi connectivity index (χ1v) is 7.57. The van der Waals surface area contributed by atoms with Gasteiger partial charge in [0.05, 0.1) is 6.10 Å². The fraction of sp³-hybridized carbons (Fsp3) is 0.857. The van der Waals surface area contributed by atoms with E-state index in [0.717, 1.165) is 19.6 Å². The fourth-order valence-corrected chi connectivity index (χ4v) is 3.08. The van der Waals surface area contributed by atoms with Crippen molar-refractivity contribution in [2.75, 3.05) is 39.3 Å². The Balaban J connectivity index is 1.91. The number of aliphatic hydroxyl groups is 1. The molecule has 0 aromatic heterocycles. The van der Waals surface area contributed by atoms with Crippen molar-refractivity contribution in [3.63, 3.8) is 0 Å². The highest BCUT2D eigenvalue weighted by atomic mass is 16.4. The number of rotatable bonds is 3. The number of carbonyl (C=O) groups excluding carboxylic acids is 1. The maximum atomic E-state index is 12.4. The molecule has 2 N–H and O–H groups in total.